The molecule has 0 amide bonds. The zero-order chi connectivity index (χ0) is 17.6. The van der Waals surface area contributed by atoms with Crippen molar-refractivity contribution in [3.05, 3.63) is 48.6 Å². The number of methoxy groups -OCH3 is 2. The van der Waals surface area contributed by atoms with Gasteiger partial charge in [-0.3, -0.25) is 0 Å². The molecule has 125 valence electrons. The fraction of sp³-hybridized carbons (Fsp3) is 0.263. The number of ether oxygens (including phenoxy) is 2. The molecule has 1 aromatic carbocycles. The van der Waals surface area contributed by atoms with E-state index in [2.05, 4.69) is 23.1 Å². The normalized spacial score (nSPS) is 15.0. The quantitative estimate of drug-likeness (QED) is 0.733. The number of pyridine rings is 1. The van der Waals surface area contributed by atoms with Gasteiger partial charge in [0, 0.05) is 11.0 Å². The summed E-state index contributed by atoms with van der Waals surface area (Å²) in [6, 6.07) is 11.4. The van der Waals surface area contributed by atoms with Gasteiger partial charge in [-0.25, -0.2) is 9.50 Å². The topological polar surface area (TPSA) is 72.4 Å². The molecule has 0 bridgehead atoms. The SMILES string of the molecule is [CH2]C1(c2nc3c(OC)ccc(-c4ccc(C#N)c(OC)c4)n3n2)CC1. The smallest absolute Gasteiger partial charge is 0.198 e. The Kier molecular flexibility index (Phi) is 3.39. The molecule has 2 aromatic heterocycles. The molecule has 1 aliphatic rings. The third-order valence-electron chi connectivity index (χ3n) is 4.61. The van der Waals surface area contributed by atoms with E-state index in [0.717, 1.165) is 29.9 Å². The first-order valence-electron chi connectivity index (χ1n) is 7.98. The Balaban J connectivity index is 1.93. The highest BCUT2D eigenvalue weighted by atomic mass is 16.5. The summed E-state index contributed by atoms with van der Waals surface area (Å²) in [6.07, 6.45) is 1.98. The number of benzene rings is 1. The maximum absolute atomic E-state index is 9.17. The number of nitriles is 1. The lowest BCUT2D eigenvalue weighted by Crippen LogP contribution is -2.03. The maximum Gasteiger partial charge on any atom is 0.198 e. The molecule has 1 aliphatic carbocycles. The summed E-state index contributed by atoms with van der Waals surface area (Å²) < 4.78 is 12.5. The first kappa shape index (κ1) is 15.5. The van der Waals surface area contributed by atoms with Crippen molar-refractivity contribution in [2.24, 2.45) is 0 Å². The lowest BCUT2D eigenvalue weighted by Gasteiger charge is -2.09. The second kappa shape index (κ2) is 5.49. The van der Waals surface area contributed by atoms with Crippen molar-refractivity contribution < 1.29 is 9.47 Å². The summed E-state index contributed by atoms with van der Waals surface area (Å²) in [5.41, 5.74) is 2.70. The predicted molar refractivity (Wildman–Crippen MR) is 92.5 cm³/mol. The van der Waals surface area contributed by atoms with E-state index in [1.54, 1.807) is 24.8 Å². The summed E-state index contributed by atoms with van der Waals surface area (Å²) in [7, 11) is 3.17. The van der Waals surface area contributed by atoms with Crippen LogP contribution in [0.15, 0.2) is 30.3 Å². The minimum atomic E-state index is -0.184. The molecule has 6 heteroatoms. The van der Waals surface area contributed by atoms with Gasteiger partial charge in [0.2, 0.25) is 0 Å². The average molecular weight is 333 g/mol. The van der Waals surface area contributed by atoms with Gasteiger partial charge in [0.05, 0.1) is 25.5 Å². The van der Waals surface area contributed by atoms with E-state index in [-0.39, 0.29) is 5.41 Å². The van der Waals surface area contributed by atoms with Crippen molar-refractivity contribution >= 4 is 5.65 Å². The van der Waals surface area contributed by atoms with Crippen LogP contribution in [0.3, 0.4) is 0 Å². The van der Waals surface area contributed by atoms with E-state index in [4.69, 9.17) is 14.7 Å². The molecule has 0 aliphatic heterocycles. The molecule has 0 unspecified atom stereocenters. The third-order valence-corrected chi connectivity index (χ3v) is 4.61. The van der Waals surface area contributed by atoms with Gasteiger partial charge in [-0.1, -0.05) is 6.07 Å². The van der Waals surface area contributed by atoms with Crippen LogP contribution in [-0.2, 0) is 5.41 Å². The van der Waals surface area contributed by atoms with Crippen LogP contribution in [0.1, 0.15) is 24.2 Å². The van der Waals surface area contributed by atoms with E-state index < -0.39 is 0 Å². The van der Waals surface area contributed by atoms with Crippen LogP contribution in [0.2, 0.25) is 0 Å². The summed E-state index contributed by atoms with van der Waals surface area (Å²) in [4.78, 5) is 4.66. The lowest BCUT2D eigenvalue weighted by molar-refractivity contribution is 0.413. The molecule has 0 spiro atoms. The minimum absolute atomic E-state index is 0.184. The highest BCUT2D eigenvalue weighted by molar-refractivity contribution is 5.69. The fourth-order valence-corrected chi connectivity index (χ4v) is 2.86. The first-order chi connectivity index (χ1) is 12.1. The fourth-order valence-electron chi connectivity index (χ4n) is 2.86. The van der Waals surface area contributed by atoms with Crippen LogP contribution < -0.4 is 9.47 Å². The monoisotopic (exact) mass is 333 g/mol. The van der Waals surface area contributed by atoms with E-state index in [1.165, 1.54) is 0 Å². The molecular formula is C19H17N4O2. The van der Waals surface area contributed by atoms with E-state index in [9.17, 15) is 0 Å². The Bertz CT molecular complexity index is 1010. The molecule has 0 atom stereocenters. The van der Waals surface area contributed by atoms with Crippen molar-refractivity contribution in [3.63, 3.8) is 0 Å². The predicted octanol–water partition coefficient (Wildman–Crippen LogP) is 3.15. The second-order valence-electron chi connectivity index (χ2n) is 6.26. The molecule has 1 saturated carbocycles. The van der Waals surface area contributed by atoms with Crippen LogP contribution in [0, 0.1) is 18.3 Å². The standard InChI is InChI=1S/C19H17N4O2/c1-19(8-9-19)18-21-17-15(24-2)7-6-14(23(17)22-18)12-4-5-13(11-20)16(10-12)25-3/h4-7,10H,1,8-9H2,2-3H3. The Hall–Kier alpha value is -3.07. The highest BCUT2D eigenvalue weighted by Gasteiger charge is 2.43. The number of fused-ring (bicyclic) bond motifs is 1. The Morgan fingerprint density at radius 1 is 1.16 bits per heavy atom. The summed E-state index contributed by atoms with van der Waals surface area (Å²) in [5, 5.41) is 13.9. The van der Waals surface area contributed by atoms with E-state index >= 15 is 0 Å². The molecule has 6 nitrogen and oxygen atoms in total. The number of hydrogen-bond acceptors (Lipinski definition) is 5. The van der Waals surface area contributed by atoms with Gasteiger partial charge < -0.3 is 9.47 Å². The van der Waals surface area contributed by atoms with Gasteiger partial charge in [0.25, 0.3) is 0 Å². The van der Waals surface area contributed by atoms with Gasteiger partial charge in [-0.15, -0.1) is 5.10 Å². The maximum atomic E-state index is 9.17. The molecule has 4 rings (SSSR count). The van der Waals surface area contributed by atoms with Gasteiger partial charge >= 0.3 is 0 Å². The van der Waals surface area contributed by atoms with E-state index in [1.807, 2.05) is 24.3 Å². The van der Waals surface area contributed by atoms with Gasteiger partial charge in [0.15, 0.2) is 17.2 Å². The lowest BCUT2D eigenvalue weighted by atomic mass is 10.1. The molecule has 0 N–H and O–H groups in total. The van der Waals surface area contributed by atoms with Crippen molar-refractivity contribution in [3.8, 4) is 28.8 Å². The third kappa shape index (κ3) is 2.40. The number of hydrogen-bond donors (Lipinski definition) is 0. The number of rotatable bonds is 4. The summed E-state index contributed by atoms with van der Waals surface area (Å²) in [5.74, 6) is 1.92. The minimum Gasteiger partial charge on any atom is -0.495 e. The average Bonchev–Trinajstić information content (AvgIpc) is 3.23. The van der Waals surface area contributed by atoms with Gasteiger partial charge in [0.1, 0.15) is 11.8 Å². The summed E-state index contributed by atoms with van der Waals surface area (Å²) >= 11 is 0. The van der Waals surface area contributed by atoms with Crippen molar-refractivity contribution in [1.29, 1.82) is 5.26 Å². The first-order valence-corrected chi connectivity index (χ1v) is 7.98. The molecule has 2 heterocycles. The second-order valence-corrected chi connectivity index (χ2v) is 6.26. The molecule has 1 radical (unpaired) electrons. The Morgan fingerprint density at radius 2 is 1.92 bits per heavy atom. The Morgan fingerprint density at radius 3 is 2.56 bits per heavy atom. The molecular weight excluding hydrogens is 316 g/mol. The Labute approximate surface area is 145 Å². The van der Waals surface area contributed by atoms with Crippen molar-refractivity contribution in [2.45, 2.75) is 18.3 Å². The van der Waals surface area contributed by atoms with Crippen LogP contribution in [-0.4, -0.2) is 28.8 Å². The van der Waals surface area contributed by atoms with Crippen LogP contribution in [0.4, 0.5) is 0 Å². The zero-order valence-electron chi connectivity index (χ0n) is 14.1. The van der Waals surface area contributed by atoms with Crippen LogP contribution in [0.5, 0.6) is 11.5 Å². The summed E-state index contributed by atoms with van der Waals surface area (Å²) in [6.45, 7) is 4.22. The molecule has 25 heavy (non-hydrogen) atoms. The van der Waals surface area contributed by atoms with Crippen LogP contribution >= 0.6 is 0 Å². The molecule has 1 fully saturated rings. The van der Waals surface area contributed by atoms with Gasteiger partial charge in [-0.2, -0.15) is 5.26 Å². The van der Waals surface area contributed by atoms with Crippen molar-refractivity contribution in [1.82, 2.24) is 14.6 Å². The largest absolute Gasteiger partial charge is 0.495 e. The molecule has 3 aromatic rings. The molecule has 0 saturated heterocycles. The van der Waals surface area contributed by atoms with E-state index in [0.29, 0.717) is 22.7 Å². The van der Waals surface area contributed by atoms with Crippen molar-refractivity contribution in [2.75, 3.05) is 14.2 Å². The van der Waals surface area contributed by atoms with Gasteiger partial charge in [-0.05, 0) is 44.0 Å². The highest BCUT2D eigenvalue weighted by Crippen LogP contribution is 2.46. The number of aromatic nitrogens is 3. The number of nitrogens with zero attached hydrogens (tertiary/aromatic N) is 4. The zero-order valence-corrected chi connectivity index (χ0v) is 14.1. The van der Waals surface area contributed by atoms with Crippen LogP contribution in [0.25, 0.3) is 16.9 Å².